The predicted molar refractivity (Wildman–Crippen MR) is 125 cm³/mol. The summed E-state index contributed by atoms with van der Waals surface area (Å²) in [5, 5.41) is 5.72. The Bertz CT molecular complexity index is 1070. The van der Waals surface area contributed by atoms with E-state index in [0.29, 0.717) is 44.2 Å². The van der Waals surface area contributed by atoms with Gasteiger partial charge in [0.15, 0.2) is 0 Å². The molecule has 3 rings (SSSR count). The van der Waals surface area contributed by atoms with Crippen molar-refractivity contribution in [2.75, 3.05) is 45.7 Å². The van der Waals surface area contributed by atoms with Gasteiger partial charge in [0.2, 0.25) is 5.91 Å². The molecule has 0 aliphatic carbocycles. The Hall–Kier alpha value is -3.44. The van der Waals surface area contributed by atoms with Crippen molar-refractivity contribution >= 4 is 17.8 Å². The van der Waals surface area contributed by atoms with Crippen molar-refractivity contribution in [2.45, 2.75) is 25.9 Å². The number of aromatic nitrogens is 2. The van der Waals surface area contributed by atoms with E-state index in [2.05, 4.69) is 15.6 Å². The molecule has 178 valence electrons. The van der Waals surface area contributed by atoms with Gasteiger partial charge in [-0.2, -0.15) is 4.98 Å². The Kier molecular flexibility index (Phi) is 7.34. The molecule has 0 radical (unpaired) electrons. The van der Waals surface area contributed by atoms with Crippen molar-refractivity contribution in [3.05, 3.63) is 46.5 Å². The molecule has 0 spiro atoms. The van der Waals surface area contributed by atoms with Gasteiger partial charge in [0.1, 0.15) is 11.6 Å². The predicted octanol–water partition coefficient (Wildman–Crippen LogP) is 0.374. The van der Waals surface area contributed by atoms with Crippen LogP contribution in [0.3, 0.4) is 0 Å². The first kappa shape index (κ1) is 24.2. The number of ether oxygens (including phenoxy) is 1. The highest BCUT2D eigenvalue weighted by atomic mass is 16.5. The number of carbonyl (C=O) groups is 2. The fraction of sp³-hybridized carbons (Fsp3) is 0.455. The van der Waals surface area contributed by atoms with Crippen molar-refractivity contribution in [3.63, 3.8) is 0 Å². The number of piperazine rings is 1. The second kappa shape index (κ2) is 10.0. The highest BCUT2D eigenvalue weighted by molar-refractivity contribution is 5.89. The molecule has 3 amide bonds. The van der Waals surface area contributed by atoms with E-state index in [1.54, 1.807) is 55.2 Å². The van der Waals surface area contributed by atoms with Gasteiger partial charge in [0, 0.05) is 50.6 Å². The molecule has 0 unspecified atom stereocenters. The Balaban J connectivity index is 1.66. The number of rotatable bonds is 6. The normalized spacial score (nSPS) is 14.2. The van der Waals surface area contributed by atoms with Gasteiger partial charge in [0.25, 0.3) is 0 Å². The molecule has 2 aromatic rings. The van der Waals surface area contributed by atoms with Crippen LogP contribution in [0.15, 0.2) is 35.3 Å². The van der Waals surface area contributed by atoms with Crippen molar-refractivity contribution in [2.24, 2.45) is 5.73 Å². The number of urea groups is 1. The Morgan fingerprint density at radius 2 is 1.82 bits per heavy atom. The fourth-order valence-corrected chi connectivity index (χ4v) is 3.60. The zero-order valence-electron chi connectivity index (χ0n) is 19.4. The summed E-state index contributed by atoms with van der Waals surface area (Å²) in [5.41, 5.74) is 5.96. The molecule has 1 saturated heterocycles. The third-order valence-electron chi connectivity index (χ3n) is 5.36. The number of methoxy groups -OCH3 is 1. The van der Waals surface area contributed by atoms with E-state index in [4.69, 9.17) is 10.5 Å². The number of hydrogen-bond acceptors (Lipinski definition) is 7. The summed E-state index contributed by atoms with van der Waals surface area (Å²) in [6.07, 6.45) is 1.55. The van der Waals surface area contributed by atoms with Crippen LogP contribution in [-0.4, -0.2) is 77.2 Å². The average molecular weight is 458 g/mol. The summed E-state index contributed by atoms with van der Waals surface area (Å²) in [5.74, 6) is 0.659. The monoisotopic (exact) mass is 457 g/mol. The maximum absolute atomic E-state index is 12.6. The van der Waals surface area contributed by atoms with Crippen LogP contribution >= 0.6 is 0 Å². The van der Waals surface area contributed by atoms with Gasteiger partial charge < -0.3 is 25.6 Å². The van der Waals surface area contributed by atoms with Gasteiger partial charge in [-0.25, -0.2) is 9.59 Å². The number of nitrogens with zero attached hydrogens (tertiary/aromatic N) is 4. The molecular weight excluding hydrogens is 426 g/mol. The van der Waals surface area contributed by atoms with Gasteiger partial charge in [0.05, 0.1) is 18.3 Å². The lowest BCUT2D eigenvalue weighted by molar-refractivity contribution is -0.137. The average Bonchev–Trinajstić information content (AvgIpc) is 2.78. The topological polar surface area (TPSA) is 135 Å². The highest BCUT2D eigenvalue weighted by Gasteiger charge is 2.31. The molecule has 1 fully saturated rings. The maximum atomic E-state index is 12.6. The van der Waals surface area contributed by atoms with E-state index in [-0.39, 0.29) is 17.8 Å². The van der Waals surface area contributed by atoms with Gasteiger partial charge in [-0.15, -0.1) is 0 Å². The quantitative estimate of drug-likeness (QED) is 0.571. The minimum Gasteiger partial charge on any atom is -0.496 e. The van der Waals surface area contributed by atoms with E-state index in [9.17, 15) is 14.4 Å². The first-order chi connectivity index (χ1) is 15.6. The van der Waals surface area contributed by atoms with Crippen molar-refractivity contribution in [3.8, 4) is 11.4 Å². The lowest BCUT2D eigenvalue weighted by Gasteiger charge is -2.37. The number of carbonyl (C=O) groups excluding carboxylic acids is 2. The molecule has 1 aromatic heterocycles. The van der Waals surface area contributed by atoms with E-state index in [1.165, 1.54) is 4.57 Å². The standard InChI is InChI=1S/C22H31N7O4/c1-22(2,23)19(30)27-9-11-28(12-10-27)20(31)25-18-7-8-29(21(32)26-18)16-6-5-15(14-24-3)17(13-16)33-4/h5-8,13,24H,9-12,14,23H2,1-4H3,(H,25,26,31,32). The molecule has 11 nitrogen and oxygen atoms in total. The summed E-state index contributed by atoms with van der Waals surface area (Å²) in [6, 6.07) is 6.63. The molecule has 4 N–H and O–H groups in total. The third-order valence-corrected chi connectivity index (χ3v) is 5.36. The molecule has 33 heavy (non-hydrogen) atoms. The molecule has 2 heterocycles. The van der Waals surface area contributed by atoms with Crippen molar-refractivity contribution in [1.82, 2.24) is 24.7 Å². The molecule has 0 saturated carbocycles. The number of hydrogen-bond donors (Lipinski definition) is 3. The second-order valence-corrected chi connectivity index (χ2v) is 8.42. The fourth-order valence-electron chi connectivity index (χ4n) is 3.60. The molecule has 0 bridgehead atoms. The Labute approximate surface area is 192 Å². The number of nitrogens with one attached hydrogen (secondary N) is 2. The molecule has 1 aliphatic rings. The zero-order valence-corrected chi connectivity index (χ0v) is 19.4. The highest BCUT2D eigenvalue weighted by Crippen LogP contribution is 2.22. The van der Waals surface area contributed by atoms with Gasteiger partial charge in [-0.3, -0.25) is 14.7 Å². The first-order valence-electron chi connectivity index (χ1n) is 10.7. The van der Waals surface area contributed by atoms with Gasteiger partial charge in [-0.05, 0) is 33.0 Å². The smallest absolute Gasteiger partial charge is 0.354 e. The van der Waals surface area contributed by atoms with E-state index in [1.807, 2.05) is 13.1 Å². The molecule has 0 atom stereocenters. The van der Waals surface area contributed by atoms with Crippen LogP contribution in [0.4, 0.5) is 10.6 Å². The summed E-state index contributed by atoms with van der Waals surface area (Å²) >= 11 is 0. The largest absolute Gasteiger partial charge is 0.496 e. The van der Waals surface area contributed by atoms with E-state index < -0.39 is 11.2 Å². The molecular formula is C22H31N7O4. The third kappa shape index (κ3) is 5.68. The van der Waals surface area contributed by atoms with Gasteiger partial charge in [-0.1, -0.05) is 6.07 Å². The van der Waals surface area contributed by atoms with Crippen LogP contribution in [0.1, 0.15) is 19.4 Å². The van der Waals surface area contributed by atoms with Crippen LogP contribution in [0.5, 0.6) is 5.75 Å². The number of amides is 3. The Morgan fingerprint density at radius 1 is 1.15 bits per heavy atom. The van der Waals surface area contributed by atoms with Crippen LogP contribution in [0.2, 0.25) is 0 Å². The van der Waals surface area contributed by atoms with Crippen LogP contribution in [0.25, 0.3) is 5.69 Å². The van der Waals surface area contributed by atoms with Crippen LogP contribution < -0.4 is 26.8 Å². The number of benzene rings is 1. The summed E-state index contributed by atoms with van der Waals surface area (Å²) in [4.78, 5) is 44.7. The first-order valence-corrected chi connectivity index (χ1v) is 10.7. The maximum Gasteiger partial charge on any atom is 0.354 e. The van der Waals surface area contributed by atoms with Crippen molar-refractivity contribution in [1.29, 1.82) is 0 Å². The lowest BCUT2D eigenvalue weighted by atomic mass is 10.1. The second-order valence-electron chi connectivity index (χ2n) is 8.42. The number of anilines is 1. The molecule has 11 heteroatoms. The van der Waals surface area contributed by atoms with Crippen LogP contribution in [-0.2, 0) is 11.3 Å². The molecule has 1 aromatic carbocycles. The minimum absolute atomic E-state index is 0.150. The van der Waals surface area contributed by atoms with E-state index >= 15 is 0 Å². The van der Waals surface area contributed by atoms with Crippen LogP contribution in [0, 0.1) is 0 Å². The molecule has 1 aliphatic heterocycles. The summed E-state index contributed by atoms with van der Waals surface area (Å²) in [6.45, 7) is 5.48. The van der Waals surface area contributed by atoms with Crippen molar-refractivity contribution < 1.29 is 14.3 Å². The summed E-state index contributed by atoms with van der Waals surface area (Å²) in [7, 11) is 3.42. The minimum atomic E-state index is -0.949. The Morgan fingerprint density at radius 3 is 2.39 bits per heavy atom. The van der Waals surface area contributed by atoms with E-state index in [0.717, 1.165) is 5.56 Å². The lowest BCUT2D eigenvalue weighted by Crippen LogP contribution is -2.58. The number of nitrogens with two attached hydrogens (primary N) is 1. The SMILES string of the molecule is CNCc1ccc(-n2ccc(NC(=O)N3CCN(C(=O)C(C)(C)N)CC3)nc2=O)cc1OC. The summed E-state index contributed by atoms with van der Waals surface area (Å²) < 4.78 is 6.79. The van der Waals surface area contributed by atoms with Gasteiger partial charge >= 0.3 is 11.7 Å². The zero-order chi connectivity index (χ0) is 24.2.